The first-order valence-corrected chi connectivity index (χ1v) is 3.65. The van der Waals surface area contributed by atoms with E-state index in [-0.39, 0.29) is 6.10 Å². The lowest BCUT2D eigenvalue weighted by molar-refractivity contribution is -0.0989. The van der Waals surface area contributed by atoms with Crippen LogP contribution in [0.1, 0.15) is 13.8 Å². The Labute approximate surface area is 61.4 Å². The predicted molar refractivity (Wildman–Crippen MR) is 38.9 cm³/mol. The SMILES string of the molecule is CC(C)(O)[C@@H]1CNCCO1. The standard InChI is InChI=1S/C7H15NO2/c1-7(2,9)6-5-8-3-4-10-6/h6,8-9H,3-5H2,1-2H3/t6-/m0/s1. The van der Waals surface area contributed by atoms with Crippen LogP contribution >= 0.6 is 0 Å². The van der Waals surface area contributed by atoms with Crippen LogP contribution in [0.4, 0.5) is 0 Å². The molecule has 0 aromatic carbocycles. The van der Waals surface area contributed by atoms with Crippen LogP contribution in [0.5, 0.6) is 0 Å². The van der Waals surface area contributed by atoms with E-state index in [0.29, 0.717) is 6.61 Å². The van der Waals surface area contributed by atoms with Crippen molar-refractivity contribution in [3.63, 3.8) is 0 Å². The van der Waals surface area contributed by atoms with Crippen LogP contribution < -0.4 is 5.32 Å². The van der Waals surface area contributed by atoms with Crippen molar-refractivity contribution in [1.29, 1.82) is 0 Å². The van der Waals surface area contributed by atoms with E-state index in [9.17, 15) is 5.11 Å². The van der Waals surface area contributed by atoms with Gasteiger partial charge < -0.3 is 15.2 Å². The fraction of sp³-hybridized carbons (Fsp3) is 1.00. The molecule has 1 rings (SSSR count). The highest BCUT2D eigenvalue weighted by Crippen LogP contribution is 2.12. The predicted octanol–water partition coefficient (Wildman–Crippen LogP) is -0.254. The van der Waals surface area contributed by atoms with E-state index in [4.69, 9.17) is 4.74 Å². The topological polar surface area (TPSA) is 41.5 Å². The van der Waals surface area contributed by atoms with E-state index in [1.165, 1.54) is 0 Å². The minimum absolute atomic E-state index is 0.0544. The summed E-state index contributed by atoms with van der Waals surface area (Å²) in [5.74, 6) is 0. The van der Waals surface area contributed by atoms with Gasteiger partial charge in [0.25, 0.3) is 0 Å². The highest BCUT2D eigenvalue weighted by molar-refractivity contribution is 4.82. The summed E-state index contributed by atoms with van der Waals surface area (Å²) >= 11 is 0. The maximum absolute atomic E-state index is 9.48. The molecule has 60 valence electrons. The van der Waals surface area contributed by atoms with Crippen LogP contribution in [0.3, 0.4) is 0 Å². The second-order valence-corrected chi connectivity index (χ2v) is 3.22. The number of hydrogen-bond acceptors (Lipinski definition) is 3. The Bertz CT molecular complexity index is 103. The summed E-state index contributed by atoms with van der Waals surface area (Å²) in [6.45, 7) is 5.89. The zero-order valence-corrected chi connectivity index (χ0v) is 6.55. The van der Waals surface area contributed by atoms with E-state index >= 15 is 0 Å². The van der Waals surface area contributed by atoms with Gasteiger partial charge in [0.15, 0.2) is 0 Å². The highest BCUT2D eigenvalue weighted by atomic mass is 16.5. The minimum Gasteiger partial charge on any atom is -0.388 e. The van der Waals surface area contributed by atoms with Crippen molar-refractivity contribution >= 4 is 0 Å². The summed E-state index contributed by atoms with van der Waals surface area (Å²) in [4.78, 5) is 0. The van der Waals surface area contributed by atoms with Crippen LogP contribution in [0.25, 0.3) is 0 Å². The van der Waals surface area contributed by atoms with Crippen molar-refractivity contribution in [2.75, 3.05) is 19.7 Å². The average Bonchev–Trinajstić information content (AvgIpc) is 1.88. The summed E-state index contributed by atoms with van der Waals surface area (Å²) in [6.07, 6.45) is -0.0544. The zero-order chi connectivity index (χ0) is 7.61. The number of aliphatic hydroxyl groups is 1. The van der Waals surface area contributed by atoms with Gasteiger partial charge >= 0.3 is 0 Å². The number of nitrogens with one attached hydrogen (secondary N) is 1. The van der Waals surface area contributed by atoms with Gasteiger partial charge in [-0.05, 0) is 13.8 Å². The van der Waals surface area contributed by atoms with E-state index < -0.39 is 5.60 Å². The molecule has 0 aromatic rings. The molecule has 1 heterocycles. The van der Waals surface area contributed by atoms with Crippen molar-refractivity contribution in [3.8, 4) is 0 Å². The van der Waals surface area contributed by atoms with Gasteiger partial charge in [-0.25, -0.2) is 0 Å². The normalized spacial score (nSPS) is 28.5. The maximum Gasteiger partial charge on any atom is 0.0980 e. The first-order valence-electron chi connectivity index (χ1n) is 3.65. The quantitative estimate of drug-likeness (QED) is 0.534. The van der Waals surface area contributed by atoms with E-state index in [0.717, 1.165) is 13.1 Å². The van der Waals surface area contributed by atoms with Gasteiger partial charge in [-0.15, -0.1) is 0 Å². The van der Waals surface area contributed by atoms with Crippen LogP contribution in [0, 0.1) is 0 Å². The Kier molecular flexibility index (Phi) is 2.28. The third-order valence-electron chi connectivity index (χ3n) is 1.72. The Morgan fingerprint density at radius 3 is 2.60 bits per heavy atom. The molecule has 0 amide bonds. The summed E-state index contributed by atoms with van der Waals surface area (Å²) < 4.78 is 5.33. The van der Waals surface area contributed by atoms with Crippen LogP contribution in [-0.2, 0) is 4.74 Å². The second-order valence-electron chi connectivity index (χ2n) is 3.22. The summed E-state index contributed by atoms with van der Waals surface area (Å²) in [5, 5.41) is 12.6. The molecule has 0 unspecified atom stereocenters. The van der Waals surface area contributed by atoms with E-state index in [1.807, 2.05) is 0 Å². The van der Waals surface area contributed by atoms with Gasteiger partial charge in [-0.1, -0.05) is 0 Å². The smallest absolute Gasteiger partial charge is 0.0980 e. The Morgan fingerprint density at radius 1 is 1.60 bits per heavy atom. The second kappa shape index (κ2) is 2.86. The molecule has 1 aliphatic rings. The third kappa shape index (κ3) is 1.94. The molecule has 0 spiro atoms. The molecular formula is C7H15NO2. The molecule has 2 N–H and O–H groups in total. The van der Waals surface area contributed by atoms with Crippen molar-refractivity contribution in [2.24, 2.45) is 0 Å². The zero-order valence-electron chi connectivity index (χ0n) is 6.55. The fourth-order valence-electron chi connectivity index (χ4n) is 1.02. The molecule has 0 aromatic heterocycles. The first kappa shape index (κ1) is 7.98. The molecule has 0 radical (unpaired) electrons. The molecule has 1 aliphatic heterocycles. The number of morpholine rings is 1. The lowest BCUT2D eigenvalue weighted by atomic mass is 10.0. The maximum atomic E-state index is 9.48. The first-order chi connectivity index (χ1) is 4.61. The molecule has 3 nitrogen and oxygen atoms in total. The Hall–Kier alpha value is -0.120. The number of hydrogen-bond donors (Lipinski definition) is 2. The van der Waals surface area contributed by atoms with Gasteiger partial charge in [0, 0.05) is 13.1 Å². The Balaban J connectivity index is 2.39. The molecular weight excluding hydrogens is 130 g/mol. The third-order valence-corrected chi connectivity index (χ3v) is 1.72. The van der Waals surface area contributed by atoms with Crippen molar-refractivity contribution in [3.05, 3.63) is 0 Å². The lowest BCUT2D eigenvalue weighted by Gasteiger charge is -2.32. The van der Waals surface area contributed by atoms with Gasteiger partial charge in [0.2, 0.25) is 0 Å². The van der Waals surface area contributed by atoms with Gasteiger partial charge in [-0.3, -0.25) is 0 Å². The Morgan fingerprint density at radius 2 is 2.30 bits per heavy atom. The van der Waals surface area contributed by atoms with E-state index in [2.05, 4.69) is 5.32 Å². The van der Waals surface area contributed by atoms with Crippen LogP contribution in [-0.4, -0.2) is 36.5 Å². The van der Waals surface area contributed by atoms with Crippen molar-refractivity contribution in [2.45, 2.75) is 25.6 Å². The van der Waals surface area contributed by atoms with Crippen LogP contribution in [0.2, 0.25) is 0 Å². The summed E-state index contributed by atoms with van der Waals surface area (Å²) in [7, 11) is 0. The van der Waals surface area contributed by atoms with E-state index in [1.54, 1.807) is 13.8 Å². The molecule has 0 bridgehead atoms. The minimum atomic E-state index is -0.715. The van der Waals surface area contributed by atoms with Gasteiger partial charge in [0.05, 0.1) is 18.3 Å². The molecule has 0 aliphatic carbocycles. The number of ether oxygens (including phenoxy) is 1. The molecule has 3 heteroatoms. The van der Waals surface area contributed by atoms with Gasteiger partial charge in [0.1, 0.15) is 0 Å². The molecule has 10 heavy (non-hydrogen) atoms. The molecule has 1 fully saturated rings. The summed E-state index contributed by atoms with van der Waals surface area (Å²) in [6, 6.07) is 0. The van der Waals surface area contributed by atoms with Crippen LogP contribution in [0.15, 0.2) is 0 Å². The molecule has 1 saturated heterocycles. The van der Waals surface area contributed by atoms with Gasteiger partial charge in [-0.2, -0.15) is 0 Å². The fourth-order valence-corrected chi connectivity index (χ4v) is 1.02. The average molecular weight is 145 g/mol. The lowest BCUT2D eigenvalue weighted by Crippen LogP contribution is -2.50. The molecule has 1 atom stereocenters. The molecule has 0 saturated carbocycles. The van der Waals surface area contributed by atoms with Crippen molar-refractivity contribution < 1.29 is 9.84 Å². The largest absolute Gasteiger partial charge is 0.388 e. The number of rotatable bonds is 1. The van der Waals surface area contributed by atoms with Crippen molar-refractivity contribution in [1.82, 2.24) is 5.32 Å². The highest BCUT2D eigenvalue weighted by Gasteiger charge is 2.28. The monoisotopic (exact) mass is 145 g/mol. The summed E-state index contributed by atoms with van der Waals surface area (Å²) in [5.41, 5.74) is -0.715.